The summed E-state index contributed by atoms with van der Waals surface area (Å²) in [4.78, 5) is 27.8. The van der Waals surface area contributed by atoms with Crippen molar-refractivity contribution in [2.24, 2.45) is 0 Å². The number of rotatable bonds is 6. The van der Waals surface area contributed by atoms with Crippen molar-refractivity contribution in [3.63, 3.8) is 0 Å². The predicted octanol–water partition coefficient (Wildman–Crippen LogP) is 3.44. The quantitative estimate of drug-likeness (QED) is 0.674. The molecule has 1 aromatic heterocycles. The zero-order valence-electron chi connectivity index (χ0n) is 14.6. The van der Waals surface area contributed by atoms with E-state index in [9.17, 15) is 14.0 Å². The van der Waals surface area contributed by atoms with Crippen molar-refractivity contribution in [1.82, 2.24) is 10.3 Å². The number of amides is 1. The lowest BCUT2D eigenvalue weighted by atomic mass is 10.1. The van der Waals surface area contributed by atoms with Crippen molar-refractivity contribution in [3.05, 3.63) is 66.1 Å². The van der Waals surface area contributed by atoms with Gasteiger partial charge >= 0.3 is 5.97 Å². The van der Waals surface area contributed by atoms with E-state index in [4.69, 9.17) is 4.42 Å². The highest BCUT2D eigenvalue weighted by Crippen LogP contribution is 2.29. The number of benzene rings is 2. The van der Waals surface area contributed by atoms with Gasteiger partial charge in [0, 0.05) is 12.1 Å². The fraction of sp³-hybridized carbons (Fsp3) is 0.150. The molecule has 0 saturated carbocycles. The number of ether oxygens (including phenoxy) is 1. The summed E-state index contributed by atoms with van der Waals surface area (Å²) >= 11 is 0. The van der Waals surface area contributed by atoms with E-state index in [-0.39, 0.29) is 36.1 Å². The van der Waals surface area contributed by atoms with Crippen LogP contribution in [0.3, 0.4) is 0 Å². The molecular weight excluding hydrogens is 351 g/mol. The standard InChI is InChI=1S/C20H17FN2O4/c1-26-18(24)10-11-22-19(25)13-6-2-3-7-14(13)20-23-12-17(27-20)15-8-4-5-9-16(15)21/h2-9,12H,10-11H2,1H3,(H,22,25). The summed E-state index contributed by atoms with van der Waals surface area (Å²) in [6.45, 7) is 0.145. The monoisotopic (exact) mass is 368 g/mol. The van der Waals surface area contributed by atoms with Crippen molar-refractivity contribution in [1.29, 1.82) is 0 Å². The third-order valence-electron chi connectivity index (χ3n) is 3.89. The Morgan fingerprint density at radius 1 is 1.11 bits per heavy atom. The predicted molar refractivity (Wildman–Crippen MR) is 96.3 cm³/mol. The molecule has 6 nitrogen and oxygen atoms in total. The molecule has 0 atom stereocenters. The van der Waals surface area contributed by atoms with Crippen molar-refractivity contribution in [2.75, 3.05) is 13.7 Å². The summed E-state index contributed by atoms with van der Waals surface area (Å²) in [6, 6.07) is 13.0. The largest absolute Gasteiger partial charge is 0.469 e. The number of methoxy groups -OCH3 is 1. The van der Waals surface area contributed by atoms with Crippen molar-refractivity contribution in [3.8, 4) is 22.8 Å². The second-order valence-corrected chi connectivity index (χ2v) is 5.64. The molecule has 0 spiro atoms. The van der Waals surface area contributed by atoms with Crippen LogP contribution in [0.5, 0.6) is 0 Å². The number of hydrogen-bond donors (Lipinski definition) is 1. The van der Waals surface area contributed by atoms with Crippen molar-refractivity contribution < 1.29 is 23.1 Å². The number of carbonyl (C=O) groups is 2. The van der Waals surface area contributed by atoms with Gasteiger partial charge in [-0.15, -0.1) is 0 Å². The maximum Gasteiger partial charge on any atom is 0.307 e. The molecule has 0 radical (unpaired) electrons. The third kappa shape index (κ3) is 4.20. The topological polar surface area (TPSA) is 81.4 Å². The van der Waals surface area contributed by atoms with Gasteiger partial charge in [-0.1, -0.05) is 24.3 Å². The van der Waals surface area contributed by atoms with Gasteiger partial charge in [0.25, 0.3) is 5.91 Å². The Labute approximate surface area is 155 Å². The molecule has 0 saturated heterocycles. The zero-order valence-corrected chi connectivity index (χ0v) is 14.6. The molecule has 3 rings (SSSR count). The average Bonchev–Trinajstić information content (AvgIpc) is 3.18. The second-order valence-electron chi connectivity index (χ2n) is 5.64. The fourth-order valence-electron chi connectivity index (χ4n) is 2.53. The van der Waals surface area contributed by atoms with E-state index in [1.54, 1.807) is 42.5 Å². The minimum atomic E-state index is -0.422. The fourth-order valence-corrected chi connectivity index (χ4v) is 2.53. The van der Waals surface area contributed by atoms with Gasteiger partial charge in [0.1, 0.15) is 5.82 Å². The smallest absolute Gasteiger partial charge is 0.307 e. The van der Waals surface area contributed by atoms with E-state index < -0.39 is 11.8 Å². The molecule has 138 valence electrons. The highest BCUT2D eigenvalue weighted by molar-refractivity contribution is 6.00. The highest BCUT2D eigenvalue weighted by atomic mass is 19.1. The molecule has 0 aliphatic carbocycles. The van der Waals surface area contributed by atoms with Crippen LogP contribution in [-0.2, 0) is 9.53 Å². The Morgan fingerprint density at radius 2 is 1.81 bits per heavy atom. The average molecular weight is 368 g/mol. The van der Waals surface area contributed by atoms with Gasteiger partial charge in [-0.25, -0.2) is 9.37 Å². The number of halogens is 1. The first-order valence-electron chi connectivity index (χ1n) is 8.25. The van der Waals surface area contributed by atoms with Crippen LogP contribution in [0.25, 0.3) is 22.8 Å². The van der Waals surface area contributed by atoms with Gasteiger partial charge < -0.3 is 14.5 Å². The number of nitrogens with one attached hydrogen (secondary N) is 1. The summed E-state index contributed by atoms with van der Waals surface area (Å²) in [7, 11) is 1.29. The van der Waals surface area contributed by atoms with Gasteiger partial charge in [-0.05, 0) is 24.3 Å². The number of carbonyl (C=O) groups excluding carboxylic acids is 2. The number of oxazole rings is 1. The molecule has 0 aliphatic rings. The Morgan fingerprint density at radius 3 is 2.56 bits per heavy atom. The molecule has 1 heterocycles. The van der Waals surface area contributed by atoms with E-state index in [2.05, 4.69) is 15.0 Å². The van der Waals surface area contributed by atoms with Gasteiger partial charge in [-0.2, -0.15) is 0 Å². The van der Waals surface area contributed by atoms with Crippen molar-refractivity contribution >= 4 is 11.9 Å². The minimum absolute atomic E-state index is 0.0703. The van der Waals surface area contributed by atoms with Gasteiger partial charge in [0.15, 0.2) is 5.76 Å². The highest BCUT2D eigenvalue weighted by Gasteiger charge is 2.18. The summed E-state index contributed by atoms with van der Waals surface area (Å²) in [5, 5.41) is 2.65. The molecule has 0 aliphatic heterocycles. The Balaban J connectivity index is 1.83. The lowest BCUT2D eigenvalue weighted by Gasteiger charge is -2.07. The first-order valence-corrected chi connectivity index (χ1v) is 8.25. The Bertz CT molecular complexity index is 968. The van der Waals surface area contributed by atoms with Gasteiger partial charge in [0.05, 0.1) is 30.9 Å². The van der Waals surface area contributed by atoms with Gasteiger partial charge in [0.2, 0.25) is 5.89 Å². The molecule has 0 unspecified atom stereocenters. The van der Waals surface area contributed by atoms with Crippen LogP contribution in [0, 0.1) is 5.82 Å². The molecule has 0 fully saturated rings. The first kappa shape index (κ1) is 18.3. The van der Waals surface area contributed by atoms with Crippen LogP contribution in [0.2, 0.25) is 0 Å². The van der Waals surface area contributed by atoms with Crippen molar-refractivity contribution in [2.45, 2.75) is 6.42 Å². The Kier molecular flexibility index (Phi) is 5.61. The van der Waals surface area contributed by atoms with Crippen LogP contribution in [0.15, 0.2) is 59.1 Å². The van der Waals surface area contributed by atoms with Crippen LogP contribution < -0.4 is 5.32 Å². The maximum absolute atomic E-state index is 13.9. The number of esters is 1. The summed E-state index contributed by atoms with van der Waals surface area (Å²) in [6.07, 6.45) is 1.49. The molecule has 7 heteroatoms. The lowest BCUT2D eigenvalue weighted by molar-refractivity contribution is -0.140. The van der Waals surface area contributed by atoms with Crippen LogP contribution in [0.4, 0.5) is 4.39 Å². The number of nitrogens with zero attached hydrogens (tertiary/aromatic N) is 1. The van der Waals surface area contributed by atoms with Crippen LogP contribution in [-0.4, -0.2) is 30.5 Å². The maximum atomic E-state index is 13.9. The van der Waals surface area contributed by atoms with Crippen LogP contribution >= 0.6 is 0 Å². The summed E-state index contributed by atoms with van der Waals surface area (Å²) in [5.74, 6) is -0.740. The zero-order chi connectivity index (χ0) is 19.2. The van der Waals surface area contributed by atoms with E-state index in [1.807, 2.05) is 0 Å². The molecule has 27 heavy (non-hydrogen) atoms. The van der Waals surface area contributed by atoms with Crippen LogP contribution in [0.1, 0.15) is 16.8 Å². The molecule has 1 amide bonds. The Hall–Kier alpha value is -3.48. The molecule has 3 aromatic rings. The summed E-state index contributed by atoms with van der Waals surface area (Å²) < 4.78 is 24.2. The molecule has 0 bridgehead atoms. The first-order chi connectivity index (χ1) is 13.1. The molecule has 1 N–H and O–H groups in total. The number of aromatic nitrogens is 1. The number of hydrogen-bond acceptors (Lipinski definition) is 5. The van der Waals surface area contributed by atoms with E-state index >= 15 is 0 Å². The normalized spacial score (nSPS) is 10.4. The van der Waals surface area contributed by atoms with E-state index in [1.165, 1.54) is 19.4 Å². The SMILES string of the molecule is COC(=O)CCNC(=O)c1ccccc1-c1ncc(-c2ccccc2F)o1. The molecule has 2 aromatic carbocycles. The van der Waals surface area contributed by atoms with E-state index in [0.717, 1.165) is 0 Å². The summed E-state index contributed by atoms with van der Waals surface area (Å²) in [5.41, 5.74) is 1.09. The minimum Gasteiger partial charge on any atom is -0.469 e. The van der Waals surface area contributed by atoms with E-state index in [0.29, 0.717) is 11.1 Å². The third-order valence-corrected chi connectivity index (χ3v) is 3.89. The van der Waals surface area contributed by atoms with Gasteiger partial charge in [-0.3, -0.25) is 9.59 Å². The lowest BCUT2D eigenvalue weighted by Crippen LogP contribution is -2.26. The molecular formula is C20H17FN2O4. The second kappa shape index (κ2) is 8.27.